The van der Waals surface area contributed by atoms with E-state index < -0.39 is 0 Å². The zero-order chi connectivity index (χ0) is 14.8. The average Bonchev–Trinajstić information content (AvgIpc) is 3.20. The lowest BCUT2D eigenvalue weighted by molar-refractivity contribution is 0.216. The fourth-order valence-electron chi connectivity index (χ4n) is 3.95. The van der Waals surface area contributed by atoms with Crippen molar-refractivity contribution in [3.8, 4) is 0 Å². The fourth-order valence-corrected chi connectivity index (χ4v) is 4.70. The van der Waals surface area contributed by atoms with E-state index in [1.165, 1.54) is 37.2 Å². The normalized spacial score (nSPS) is 25.9. The summed E-state index contributed by atoms with van der Waals surface area (Å²) in [5, 5.41) is 2.18. The van der Waals surface area contributed by atoms with Crippen molar-refractivity contribution < 1.29 is 0 Å². The maximum Gasteiger partial charge on any atom is 0.225 e. The molecule has 5 heteroatoms. The number of aromatic nitrogens is 2. The van der Waals surface area contributed by atoms with Crippen LogP contribution in [0.5, 0.6) is 0 Å². The van der Waals surface area contributed by atoms with Crippen LogP contribution in [0.15, 0.2) is 36.0 Å². The molecule has 0 bridgehead atoms. The van der Waals surface area contributed by atoms with Gasteiger partial charge in [-0.15, -0.1) is 11.3 Å². The second-order valence-electron chi connectivity index (χ2n) is 6.61. The van der Waals surface area contributed by atoms with Gasteiger partial charge in [-0.2, -0.15) is 0 Å². The van der Waals surface area contributed by atoms with Gasteiger partial charge in [0.05, 0.1) is 0 Å². The smallest absolute Gasteiger partial charge is 0.225 e. The standard InChI is InChI=1S/C17H22N4S/c1-4-15(22-11-1)12-20-10-6-17(13-20)5-2-9-21(14-17)16-18-7-3-8-19-16/h1,3-4,7-8,11H,2,5-6,9-10,12-14H2. The van der Waals surface area contributed by atoms with Gasteiger partial charge in [0, 0.05) is 48.9 Å². The summed E-state index contributed by atoms with van der Waals surface area (Å²) in [7, 11) is 0. The number of hydrogen-bond donors (Lipinski definition) is 0. The highest BCUT2D eigenvalue weighted by atomic mass is 32.1. The van der Waals surface area contributed by atoms with Crippen molar-refractivity contribution in [1.82, 2.24) is 14.9 Å². The van der Waals surface area contributed by atoms with Crippen molar-refractivity contribution in [2.24, 2.45) is 5.41 Å². The van der Waals surface area contributed by atoms with Gasteiger partial charge in [-0.1, -0.05) is 6.07 Å². The van der Waals surface area contributed by atoms with Crippen LogP contribution in [0.25, 0.3) is 0 Å². The van der Waals surface area contributed by atoms with Crippen LogP contribution in [-0.2, 0) is 6.54 Å². The number of likely N-dealkylation sites (tertiary alicyclic amines) is 1. The lowest BCUT2D eigenvalue weighted by Gasteiger charge is -2.40. The van der Waals surface area contributed by atoms with Crippen LogP contribution in [0, 0.1) is 5.41 Å². The van der Waals surface area contributed by atoms with Crippen molar-refractivity contribution in [3.63, 3.8) is 0 Å². The number of piperidine rings is 1. The minimum Gasteiger partial charge on any atom is -0.340 e. The molecule has 0 amide bonds. The van der Waals surface area contributed by atoms with Gasteiger partial charge in [-0.3, -0.25) is 4.90 Å². The van der Waals surface area contributed by atoms with E-state index in [4.69, 9.17) is 0 Å². The number of hydrogen-bond acceptors (Lipinski definition) is 5. The molecule has 0 N–H and O–H groups in total. The van der Waals surface area contributed by atoms with Crippen molar-refractivity contribution >= 4 is 17.3 Å². The Balaban J connectivity index is 1.43. The van der Waals surface area contributed by atoms with Crippen LogP contribution in [0.3, 0.4) is 0 Å². The molecule has 0 radical (unpaired) electrons. The molecule has 2 aliphatic rings. The molecule has 0 aromatic carbocycles. The van der Waals surface area contributed by atoms with E-state index in [1.807, 2.05) is 29.8 Å². The van der Waals surface area contributed by atoms with Gasteiger partial charge in [0.15, 0.2) is 0 Å². The van der Waals surface area contributed by atoms with E-state index in [0.29, 0.717) is 5.41 Å². The summed E-state index contributed by atoms with van der Waals surface area (Å²) in [5.74, 6) is 0.901. The van der Waals surface area contributed by atoms with Crippen LogP contribution in [0.2, 0.25) is 0 Å². The van der Waals surface area contributed by atoms with Crippen LogP contribution in [0.1, 0.15) is 24.1 Å². The SMILES string of the molecule is c1cnc(N2CCCC3(CCN(Cc4cccs4)C3)C2)nc1. The molecule has 4 nitrogen and oxygen atoms in total. The number of nitrogens with zero attached hydrogens (tertiary/aromatic N) is 4. The Kier molecular flexibility index (Phi) is 3.84. The molecule has 2 aliphatic heterocycles. The molecule has 2 aromatic heterocycles. The quantitative estimate of drug-likeness (QED) is 0.872. The average molecular weight is 314 g/mol. The van der Waals surface area contributed by atoms with E-state index in [9.17, 15) is 0 Å². The molecule has 0 saturated carbocycles. The number of rotatable bonds is 3. The maximum absolute atomic E-state index is 4.44. The van der Waals surface area contributed by atoms with Gasteiger partial charge in [0.25, 0.3) is 0 Å². The van der Waals surface area contributed by atoms with Gasteiger partial charge in [0.2, 0.25) is 5.95 Å². The maximum atomic E-state index is 4.44. The summed E-state index contributed by atoms with van der Waals surface area (Å²) >= 11 is 1.87. The topological polar surface area (TPSA) is 32.3 Å². The summed E-state index contributed by atoms with van der Waals surface area (Å²) in [6.07, 6.45) is 7.60. The van der Waals surface area contributed by atoms with Crippen LogP contribution in [-0.4, -0.2) is 41.0 Å². The molecular weight excluding hydrogens is 292 g/mol. The Morgan fingerprint density at radius 3 is 2.82 bits per heavy atom. The Morgan fingerprint density at radius 1 is 1.09 bits per heavy atom. The van der Waals surface area contributed by atoms with Crippen LogP contribution >= 0.6 is 11.3 Å². The molecule has 1 spiro atoms. The Hall–Kier alpha value is -1.46. The first kappa shape index (κ1) is 14.2. The lowest BCUT2D eigenvalue weighted by Crippen LogP contribution is -2.45. The third-order valence-electron chi connectivity index (χ3n) is 4.97. The van der Waals surface area contributed by atoms with Crippen molar-refractivity contribution in [2.45, 2.75) is 25.8 Å². The first-order valence-electron chi connectivity index (χ1n) is 8.10. The monoisotopic (exact) mass is 314 g/mol. The minimum atomic E-state index is 0.439. The molecule has 1 atom stereocenters. The predicted molar refractivity (Wildman–Crippen MR) is 90.1 cm³/mol. The Bertz CT molecular complexity index is 600. The highest BCUT2D eigenvalue weighted by Crippen LogP contribution is 2.40. The lowest BCUT2D eigenvalue weighted by atomic mass is 9.79. The molecule has 116 valence electrons. The van der Waals surface area contributed by atoms with Crippen molar-refractivity contribution in [3.05, 3.63) is 40.8 Å². The Labute approximate surface area is 135 Å². The summed E-state index contributed by atoms with van der Waals surface area (Å²) in [5.41, 5.74) is 0.439. The van der Waals surface area contributed by atoms with Gasteiger partial charge in [-0.25, -0.2) is 9.97 Å². The second-order valence-corrected chi connectivity index (χ2v) is 7.65. The highest BCUT2D eigenvalue weighted by Gasteiger charge is 2.41. The zero-order valence-corrected chi connectivity index (χ0v) is 13.6. The predicted octanol–water partition coefficient (Wildman–Crippen LogP) is 3.03. The highest BCUT2D eigenvalue weighted by molar-refractivity contribution is 7.09. The van der Waals surface area contributed by atoms with Crippen molar-refractivity contribution in [2.75, 3.05) is 31.1 Å². The fraction of sp³-hybridized carbons (Fsp3) is 0.529. The molecule has 0 aliphatic carbocycles. The second kappa shape index (κ2) is 5.97. The third kappa shape index (κ3) is 2.88. The van der Waals surface area contributed by atoms with Crippen LogP contribution < -0.4 is 4.90 Å². The third-order valence-corrected chi connectivity index (χ3v) is 5.83. The molecule has 2 saturated heterocycles. The summed E-state index contributed by atoms with van der Waals surface area (Å²) < 4.78 is 0. The van der Waals surface area contributed by atoms with Crippen LogP contribution in [0.4, 0.5) is 5.95 Å². The van der Waals surface area contributed by atoms with Crippen molar-refractivity contribution in [1.29, 1.82) is 0 Å². The van der Waals surface area contributed by atoms with Gasteiger partial charge in [0.1, 0.15) is 0 Å². The van der Waals surface area contributed by atoms with E-state index in [2.05, 4.69) is 37.3 Å². The molecular formula is C17H22N4S. The first-order valence-corrected chi connectivity index (χ1v) is 8.98. The number of thiophene rings is 1. The largest absolute Gasteiger partial charge is 0.340 e. The summed E-state index contributed by atoms with van der Waals surface area (Å²) in [6.45, 7) is 5.76. The van der Waals surface area contributed by atoms with E-state index in [0.717, 1.165) is 25.6 Å². The molecule has 2 aromatic rings. The van der Waals surface area contributed by atoms with E-state index >= 15 is 0 Å². The Morgan fingerprint density at radius 2 is 2.00 bits per heavy atom. The van der Waals surface area contributed by atoms with E-state index in [1.54, 1.807) is 0 Å². The molecule has 22 heavy (non-hydrogen) atoms. The summed E-state index contributed by atoms with van der Waals surface area (Å²) in [6, 6.07) is 6.29. The zero-order valence-electron chi connectivity index (χ0n) is 12.8. The summed E-state index contributed by atoms with van der Waals surface area (Å²) in [4.78, 5) is 15.4. The molecule has 4 rings (SSSR count). The molecule has 1 unspecified atom stereocenters. The number of anilines is 1. The molecule has 2 fully saturated rings. The van der Waals surface area contributed by atoms with Gasteiger partial charge >= 0.3 is 0 Å². The van der Waals surface area contributed by atoms with E-state index in [-0.39, 0.29) is 0 Å². The van der Waals surface area contributed by atoms with Gasteiger partial charge in [-0.05, 0) is 43.3 Å². The molecule has 4 heterocycles. The minimum absolute atomic E-state index is 0.439. The van der Waals surface area contributed by atoms with Gasteiger partial charge < -0.3 is 4.90 Å². The first-order chi connectivity index (χ1) is 10.8.